The average Bonchev–Trinajstić information content (AvgIpc) is 3.29. The zero-order valence-electron chi connectivity index (χ0n) is 18.4. The fourth-order valence-corrected chi connectivity index (χ4v) is 3.83. The van der Waals surface area contributed by atoms with Crippen LogP contribution in [0.4, 0.5) is 0 Å². The molecule has 0 aliphatic carbocycles. The molecule has 8 nitrogen and oxygen atoms in total. The number of para-hydroxylation sites is 1. The van der Waals surface area contributed by atoms with Crippen LogP contribution in [-0.2, 0) is 4.79 Å². The first-order valence-corrected chi connectivity index (χ1v) is 10.4. The van der Waals surface area contributed by atoms with Gasteiger partial charge in [0, 0.05) is 44.7 Å². The van der Waals surface area contributed by atoms with Gasteiger partial charge in [-0.3, -0.25) is 9.59 Å². The molecule has 0 radical (unpaired) electrons. The van der Waals surface area contributed by atoms with Gasteiger partial charge in [-0.1, -0.05) is 18.2 Å². The number of benzene rings is 2. The Morgan fingerprint density at radius 1 is 0.875 bits per heavy atom. The highest BCUT2D eigenvalue weighted by Crippen LogP contribution is 2.33. The van der Waals surface area contributed by atoms with Gasteiger partial charge in [0.15, 0.2) is 0 Å². The van der Waals surface area contributed by atoms with Crippen LogP contribution in [-0.4, -0.2) is 71.8 Å². The van der Waals surface area contributed by atoms with Gasteiger partial charge in [-0.05, 0) is 30.3 Å². The molecular formula is C24H26N4O4. The first-order chi connectivity index (χ1) is 15.5. The van der Waals surface area contributed by atoms with E-state index in [1.807, 2.05) is 42.5 Å². The molecule has 0 unspecified atom stereocenters. The molecule has 166 valence electrons. The van der Waals surface area contributed by atoms with Crippen molar-refractivity contribution < 1.29 is 19.1 Å². The molecule has 0 bridgehead atoms. The summed E-state index contributed by atoms with van der Waals surface area (Å²) in [7, 11) is 3.19. The highest BCUT2D eigenvalue weighted by atomic mass is 16.5. The summed E-state index contributed by atoms with van der Waals surface area (Å²) in [6.45, 7) is 3.58. The summed E-state index contributed by atoms with van der Waals surface area (Å²) in [5.74, 6) is 1.19. The Balaban J connectivity index is 1.73. The van der Waals surface area contributed by atoms with E-state index in [1.54, 1.807) is 47.8 Å². The van der Waals surface area contributed by atoms with Gasteiger partial charge in [-0.25, -0.2) is 4.68 Å². The number of ether oxygens (including phenoxy) is 2. The monoisotopic (exact) mass is 434 g/mol. The maximum atomic E-state index is 13.5. The lowest BCUT2D eigenvalue weighted by Gasteiger charge is -2.34. The third kappa shape index (κ3) is 4.16. The van der Waals surface area contributed by atoms with E-state index in [4.69, 9.17) is 14.6 Å². The second kappa shape index (κ2) is 9.13. The second-order valence-corrected chi connectivity index (χ2v) is 7.53. The Labute approximate surface area is 187 Å². The molecule has 2 amide bonds. The first kappa shape index (κ1) is 21.4. The molecule has 32 heavy (non-hydrogen) atoms. The number of piperazine rings is 1. The number of methoxy groups -OCH3 is 2. The maximum absolute atomic E-state index is 13.5. The van der Waals surface area contributed by atoms with Gasteiger partial charge in [0.25, 0.3) is 5.91 Å². The zero-order valence-corrected chi connectivity index (χ0v) is 18.4. The summed E-state index contributed by atoms with van der Waals surface area (Å²) in [5.41, 5.74) is 2.63. The molecule has 0 N–H and O–H groups in total. The van der Waals surface area contributed by atoms with E-state index in [0.717, 1.165) is 11.3 Å². The number of hydrogen-bond donors (Lipinski definition) is 0. The van der Waals surface area contributed by atoms with E-state index in [2.05, 4.69) is 0 Å². The lowest BCUT2D eigenvalue weighted by molar-refractivity contribution is -0.130. The van der Waals surface area contributed by atoms with E-state index < -0.39 is 0 Å². The summed E-state index contributed by atoms with van der Waals surface area (Å²) >= 11 is 0. The molecule has 1 saturated heterocycles. The summed E-state index contributed by atoms with van der Waals surface area (Å²) in [5, 5.41) is 4.76. The number of hydrogen-bond acceptors (Lipinski definition) is 5. The van der Waals surface area contributed by atoms with Gasteiger partial charge in [-0.15, -0.1) is 0 Å². The van der Waals surface area contributed by atoms with Crippen molar-refractivity contribution in [1.82, 2.24) is 19.6 Å². The first-order valence-electron chi connectivity index (χ1n) is 10.4. The third-order valence-corrected chi connectivity index (χ3v) is 5.63. The lowest BCUT2D eigenvalue weighted by atomic mass is 10.1. The summed E-state index contributed by atoms with van der Waals surface area (Å²) in [4.78, 5) is 28.6. The molecular weight excluding hydrogens is 408 g/mol. The van der Waals surface area contributed by atoms with Crippen molar-refractivity contribution in [3.05, 3.63) is 60.3 Å². The van der Waals surface area contributed by atoms with Crippen LogP contribution in [0.1, 0.15) is 17.4 Å². The Hall–Kier alpha value is -3.81. The van der Waals surface area contributed by atoms with Crippen LogP contribution >= 0.6 is 0 Å². The van der Waals surface area contributed by atoms with Gasteiger partial charge in [0.05, 0.1) is 25.6 Å². The molecule has 0 saturated carbocycles. The zero-order chi connectivity index (χ0) is 22.7. The standard InChI is InChI=1S/C24H26N4O4/c1-17(29)26-11-13-27(14-12-26)24(30)22-16-21(25-28(22)18-7-5-4-6-8-18)20-10-9-19(31-2)15-23(20)32-3/h4-10,15-16H,11-14H2,1-3H3. The normalized spacial score (nSPS) is 13.7. The van der Waals surface area contributed by atoms with Crippen LogP contribution in [0.5, 0.6) is 11.5 Å². The molecule has 1 aliphatic rings. The number of nitrogens with zero attached hydrogens (tertiary/aromatic N) is 4. The van der Waals surface area contributed by atoms with E-state index in [0.29, 0.717) is 49.1 Å². The highest BCUT2D eigenvalue weighted by Gasteiger charge is 2.27. The van der Waals surface area contributed by atoms with Crippen molar-refractivity contribution in [3.63, 3.8) is 0 Å². The number of amides is 2. The van der Waals surface area contributed by atoms with Gasteiger partial charge < -0.3 is 19.3 Å². The Morgan fingerprint density at radius 2 is 1.56 bits per heavy atom. The van der Waals surface area contributed by atoms with Crippen LogP contribution in [0.25, 0.3) is 16.9 Å². The maximum Gasteiger partial charge on any atom is 0.272 e. The van der Waals surface area contributed by atoms with Crippen molar-refractivity contribution in [2.24, 2.45) is 0 Å². The molecule has 1 aliphatic heterocycles. The van der Waals surface area contributed by atoms with Crippen LogP contribution in [0.2, 0.25) is 0 Å². The van der Waals surface area contributed by atoms with Crippen molar-refractivity contribution in [3.8, 4) is 28.4 Å². The SMILES string of the molecule is COc1ccc(-c2cc(C(=O)N3CCN(C(C)=O)CC3)n(-c3ccccc3)n2)c(OC)c1. The Morgan fingerprint density at radius 3 is 2.19 bits per heavy atom. The molecule has 2 aromatic carbocycles. The molecule has 4 rings (SSSR count). The van der Waals surface area contributed by atoms with Gasteiger partial charge in [-0.2, -0.15) is 5.10 Å². The molecule has 2 heterocycles. The molecule has 1 aromatic heterocycles. The molecule has 8 heteroatoms. The van der Waals surface area contributed by atoms with Crippen LogP contribution in [0.15, 0.2) is 54.6 Å². The summed E-state index contributed by atoms with van der Waals surface area (Å²) in [6.07, 6.45) is 0. The van der Waals surface area contributed by atoms with Gasteiger partial charge in [0.2, 0.25) is 5.91 Å². The molecule has 0 spiro atoms. The quantitative estimate of drug-likeness (QED) is 0.617. The minimum absolute atomic E-state index is 0.0281. The summed E-state index contributed by atoms with van der Waals surface area (Å²) < 4.78 is 12.5. The topological polar surface area (TPSA) is 76.9 Å². The lowest BCUT2D eigenvalue weighted by Crippen LogP contribution is -2.50. The molecule has 1 fully saturated rings. The van der Waals surface area contributed by atoms with Gasteiger partial charge in [0.1, 0.15) is 17.2 Å². The number of rotatable bonds is 5. The smallest absolute Gasteiger partial charge is 0.272 e. The highest BCUT2D eigenvalue weighted by molar-refractivity contribution is 5.95. The van der Waals surface area contributed by atoms with Crippen LogP contribution in [0, 0.1) is 0 Å². The predicted octanol–water partition coefficient (Wildman–Crippen LogP) is 2.86. The van der Waals surface area contributed by atoms with E-state index in [-0.39, 0.29) is 11.8 Å². The molecule has 3 aromatic rings. The van der Waals surface area contributed by atoms with Crippen LogP contribution in [0.3, 0.4) is 0 Å². The van der Waals surface area contributed by atoms with Crippen LogP contribution < -0.4 is 9.47 Å². The predicted molar refractivity (Wildman–Crippen MR) is 120 cm³/mol. The number of carbonyl (C=O) groups is 2. The second-order valence-electron chi connectivity index (χ2n) is 7.53. The third-order valence-electron chi connectivity index (χ3n) is 5.63. The van der Waals surface area contributed by atoms with E-state index >= 15 is 0 Å². The van der Waals surface area contributed by atoms with Gasteiger partial charge >= 0.3 is 0 Å². The number of carbonyl (C=O) groups excluding carboxylic acids is 2. The fraction of sp³-hybridized carbons (Fsp3) is 0.292. The van der Waals surface area contributed by atoms with Crippen molar-refractivity contribution in [2.45, 2.75) is 6.92 Å². The Kier molecular flexibility index (Phi) is 6.11. The molecule has 0 atom stereocenters. The van der Waals surface area contributed by atoms with Crippen molar-refractivity contribution >= 4 is 11.8 Å². The summed E-state index contributed by atoms with van der Waals surface area (Å²) in [6, 6.07) is 16.8. The van der Waals surface area contributed by atoms with Crippen molar-refractivity contribution in [2.75, 3.05) is 40.4 Å². The van der Waals surface area contributed by atoms with E-state index in [9.17, 15) is 9.59 Å². The fourth-order valence-electron chi connectivity index (χ4n) is 3.83. The largest absolute Gasteiger partial charge is 0.497 e. The minimum atomic E-state index is -0.122. The Bertz CT molecular complexity index is 1120. The van der Waals surface area contributed by atoms with E-state index in [1.165, 1.54) is 0 Å². The minimum Gasteiger partial charge on any atom is -0.497 e. The van der Waals surface area contributed by atoms with Crippen molar-refractivity contribution in [1.29, 1.82) is 0 Å². The number of aromatic nitrogens is 2. The average molecular weight is 434 g/mol.